The molecular formula is C16H16N2O3S. The maximum atomic E-state index is 12.4. The van der Waals surface area contributed by atoms with Crippen molar-refractivity contribution in [2.45, 2.75) is 18.7 Å². The van der Waals surface area contributed by atoms with Gasteiger partial charge in [-0.05, 0) is 49.4 Å². The van der Waals surface area contributed by atoms with Crippen LogP contribution in [0.25, 0.3) is 0 Å². The van der Waals surface area contributed by atoms with Crippen LogP contribution in [-0.2, 0) is 0 Å². The molecule has 0 unspecified atom stereocenters. The van der Waals surface area contributed by atoms with Crippen LogP contribution < -0.4 is 5.32 Å². The Bertz CT molecular complexity index is 744. The Morgan fingerprint density at radius 3 is 2.55 bits per heavy atom. The van der Waals surface area contributed by atoms with E-state index in [4.69, 9.17) is 0 Å². The van der Waals surface area contributed by atoms with Gasteiger partial charge in [0.2, 0.25) is 0 Å². The number of nitro benzene ring substituents is 1. The van der Waals surface area contributed by atoms with Gasteiger partial charge in [0.25, 0.3) is 11.6 Å². The van der Waals surface area contributed by atoms with Gasteiger partial charge < -0.3 is 5.32 Å². The summed E-state index contributed by atoms with van der Waals surface area (Å²) in [7, 11) is 0. The molecule has 0 heterocycles. The Morgan fingerprint density at radius 2 is 1.91 bits per heavy atom. The SMILES string of the molecule is CSc1ccc([N+](=O)[O-])c(C(=O)Nc2cc(C)ccc2C)c1. The van der Waals surface area contributed by atoms with E-state index in [0.29, 0.717) is 5.69 Å². The molecule has 0 aliphatic rings. The quantitative estimate of drug-likeness (QED) is 0.521. The second-order valence-electron chi connectivity index (χ2n) is 4.91. The summed E-state index contributed by atoms with van der Waals surface area (Å²) in [6.07, 6.45) is 1.85. The second-order valence-corrected chi connectivity index (χ2v) is 5.79. The molecule has 22 heavy (non-hydrogen) atoms. The summed E-state index contributed by atoms with van der Waals surface area (Å²) in [6.45, 7) is 3.80. The molecule has 2 aromatic carbocycles. The fourth-order valence-corrected chi connectivity index (χ4v) is 2.48. The first-order valence-electron chi connectivity index (χ1n) is 6.63. The molecule has 5 nitrogen and oxygen atoms in total. The number of nitrogens with zero attached hydrogens (tertiary/aromatic N) is 1. The minimum absolute atomic E-state index is 0.0674. The molecule has 1 amide bonds. The van der Waals surface area contributed by atoms with Gasteiger partial charge in [-0.15, -0.1) is 11.8 Å². The van der Waals surface area contributed by atoms with Gasteiger partial charge in [0.05, 0.1) is 4.92 Å². The summed E-state index contributed by atoms with van der Waals surface area (Å²) in [6, 6.07) is 10.2. The van der Waals surface area contributed by atoms with E-state index in [1.807, 2.05) is 38.3 Å². The minimum Gasteiger partial charge on any atom is -0.322 e. The Hall–Kier alpha value is -2.34. The average molecular weight is 316 g/mol. The van der Waals surface area contributed by atoms with Crippen molar-refractivity contribution >= 4 is 29.0 Å². The highest BCUT2D eigenvalue weighted by Gasteiger charge is 2.21. The van der Waals surface area contributed by atoms with E-state index in [2.05, 4.69) is 5.32 Å². The van der Waals surface area contributed by atoms with Crippen LogP contribution in [0.15, 0.2) is 41.3 Å². The van der Waals surface area contributed by atoms with Crippen LogP contribution in [-0.4, -0.2) is 17.1 Å². The zero-order chi connectivity index (χ0) is 16.3. The molecule has 0 radical (unpaired) electrons. The number of thioether (sulfide) groups is 1. The Morgan fingerprint density at radius 1 is 1.18 bits per heavy atom. The minimum atomic E-state index is -0.540. The summed E-state index contributed by atoms with van der Waals surface area (Å²) in [5.41, 5.74) is 2.45. The molecule has 2 rings (SSSR count). The molecule has 6 heteroatoms. The molecule has 0 saturated heterocycles. The van der Waals surface area contributed by atoms with Crippen LogP contribution in [0.1, 0.15) is 21.5 Å². The largest absolute Gasteiger partial charge is 0.322 e. The monoisotopic (exact) mass is 316 g/mol. The standard InChI is InChI=1S/C16H16N2O3S/c1-10-4-5-11(2)14(8-10)17-16(19)13-9-12(22-3)6-7-15(13)18(20)21/h4-9H,1-3H3,(H,17,19). The first-order chi connectivity index (χ1) is 10.4. The molecule has 0 spiro atoms. The van der Waals surface area contributed by atoms with Gasteiger partial charge in [0.15, 0.2) is 0 Å². The second kappa shape index (κ2) is 6.62. The lowest BCUT2D eigenvalue weighted by Crippen LogP contribution is -2.15. The number of nitrogens with one attached hydrogen (secondary N) is 1. The normalized spacial score (nSPS) is 10.3. The highest BCUT2D eigenvalue weighted by Crippen LogP contribution is 2.26. The molecule has 0 fully saturated rings. The molecule has 0 aliphatic carbocycles. The third-order valence-corrected chi connectivity index (χ3v) is 4.01. The number of carbonyl (C=O) groups is 1. The molecule has 0 atom stereocenters. The van der Waals surface area contributed by atoms with E-state index in [-0.39, 0.29) is 11.3 Å². The fraction of sp³-hybridized carbons (Fsp3) is 0.188. The topological polar surface area (TPSA) is 72.2 Å². The first-order valence-corrected chi connectivity index (χ1v) is 7.86. The molecule has 0 saturated carbocycles. The molecule has 1 N–H and O–H groups in total. The number of hydrogen-bond acceptors (Lipinski definition) is 4. The lowest BCUT2D eigenvalue weighted by atomic mass is 10.1. The third-order valence-electron chi connectivity index (χ3n) is 3.29. The maximum Gasteiger partial charge on any atom is 0.282 e. The Balaban J connectivity index is 2.40. The van der Waals surface area contributed by atoms with Crippen molar-refractivity contribution in [2.75, 3.05) is 11.6 Å². The summed E-state index contributed by atoms with van der Waals surface area (Å²) in [5.74, 6) is -0.476. The zero-order valence-electron chi connectivity index (χ0n) is 12.5. The van der Waals surface area contributed by atoms with Crippen molar-refractivity contribution in [2.24, 2.45) is 0 Å². The van der Waals surface area contributed by atoms with Crippen molar-refractivity contribution in [3.05, 3.63) is 63.2 Å². The lowest BCUT2D eigenvalue weighted by molar-refractivity contribution is -0.385. The number of amides is 1. The number of anilines is 1. The number of hydrogen-bond donors (Lipinski definition) is 1. The van der Waals surface area contributed by atoms with Crippen molar-refractivity contribution in [1.29, 1.82) is 0 Å². The summed E-state index contributed by atoms with van der Waals surface area (Å²) >= 11 is 1.43. The fourth-order valence-electron chi connectivity index (χ4n) is 2.04. The highest BCUT2D eigenvalue weighted by molar-refractivity contribution is 7.98. The van der Waals surface area contributed by atoms with E-state index >= 15 is 0 Å². The number of benzene rings is 2. The van der Waals surface area contributed by atoms with Crippen LogP contribution in [0.2, 0.25) is 0 Å². The van der Waals surface area contributed by atoms with Crippen molar-refractivity contribution in [3.63, 3.8) is 0 Å². The Labute approximate surface area is 132 Å². The van der Waals surface area contributed by atoms with Crippen LogP contribution in [0.4, 0.5) is 11.4 Å². The summed E-state index contributed by atoms with van der Waals surface area (Å²) < 4.78 is 0. The summed E-state index contributed by atoms with van der Waals surface area (Å²) in [4.78, 5) is 23.8. The van der Waals surface area contributed by atoms with E-state index in [9.17, 15) is 14.9 Å². The average Bonchev–Trinajstić information content (AvgIpc) is 2.50. The smallest absolute Gasteiger partial charge is 0.282 e. The van der Waals surface area contributed by atoms with E-state index in [0.717, 1.165) is 16.0 Å². The molecule has 114 valence electrons. The predicted octanol–water partition coefficient (Wildman–Crippen LogP) is 4.19. The molecular weight excluding hydrogens is 300 g/mol. The van der Waals surface area contributed by atoms with Crippen molar-refractivity contribution in [3.8, 4) is 0 Å². The first kappa shape index (κ1) is 16.0. The van der Waals surface area contributed by atoms with Gasteiger partial charge in [0.1, 0.15) is 5.56 Å². The van der Waals surface area contributed by atoms with Crippen LogP contribution >= 0.6 is 11.8 Å². The van der Waals surface area contributed by atoms with Crippen LogP contribution in [0.5, 0.6) is 0 Å². The van der Waals surface area contributed by atoms with Crippen LogP contribution in [0, 0.1) is 24.0 Å². The van der Waals surface area contributed by atoms with Crippen LogP contribution in [0.3, 0.4) is 0 Å². The summed E-state index contributed by atoms with van der Waals surface area (Å²) in [5, 5.41) is 13.9. The number of carbonyl (C=O) groups excluding carboxylic acids is 1. The van der Waals surface area contributed by atoms with E-state index in [1.54, 1.807) is 12.1 Å². The van der Waals surface area contributed by atoms with Gasteiger partial charge in [-0.25, -0.2) is 0 Å². The highest BCUT2D eigenvalue weighted by atomic mass is 32.2. The van der Waals surface area contributed by atoms with Gasteiger partial charge in [0, 0.05) is 16.6 Å². The molecule has 2 aromatic rings. The molecule has 0 aromatic heterocycles. The number of rotatable bonds is 4. The van der Waals surface area contributed by atoms with Gasteiger partial charge in [-0.1, -0.05) is 12.1 Å². The van der Waals surface area contributed by atoms with Gasteiger partial charge in [-0.3, -0.25) is 14.9 Å². The number of aryl methyl sites for hydroxylation is 2. The maximum absolute atomic E-state index is 12.4. The zero-order valence-corrected chi connectivity index (χ0v) is 13.4. The van der Waals surface area contributed by atoms with Crippen molar-refractivity contribution in [1.82, 2.24) is 0 Å². The third kappa shape index (κ3) is 3.46. The lowest BCUT2D eigenvalue weighted by Gasteiger charge is -2.10. The predicted molar refractivity (Wildman–Crippen MR) is 88.7 cm³/mol. The number of nitro groups is 1. The van der Waals surface area contributed by atoms with Crippen molar-refractivity contribution < 1.29 is 9.72 Å². The Kier molecular flexibility index (Phi) is 4.82. The van der Waals surface area contributed by atoms with E-state index < -0.39 is 10.8 Å². The molecule has 0 bridgehead atoms. The van der Waals surface area contributed by atoms with Gasteiger partial charge >= 0.3 is 0 Å². The van der Waals surface area contributed by atoms with Gasteiger partial charge in [-0.2, -0.15) is 0 Å². The van der Waals surface area contributed by atoms with E-state index in [1.165, 1.54) is 17.8 Å². The molecule has 0 aliphatic heterocycles.